The second-order valence-corrected chi connectivity index (χ2v) is 8.15. The van der Waals surface area contributed by atoms with Crippen molar-refractivity contribution in [2.45, 2.75) is 65.2 Å². The Morgan fingerprint density at radius 2 is 1.42 bits per heavy atom. The van der Waals surface area contributed by atoms with Crippen molar-refractivity contribution in [3.05, 3.63) is 12.7 Å². The first-order valence-electron chi connectivity index (χ1n) is 9.24. The summed E-state index contributed by atoms with van der Waals surface area (Å²) in [6.45, 7) is 8.85. The average Bonchev–Trinajstić information content (AvgIpc) is 2.56. The van der Waals surface area contributed by atoms with Crippen molar-refractivity contribution in [1.29, 1.82) is 0 Å². The zero-order chi connectivity index (χ0) is 18.3. The number of carbonyl (C=O) groups is 1. The highest BCUT2D eigenvalue weighted by atomic mass is 31.2. The van der Waals surface area contributed by atoms with Gasteiger partial charge in [-0.05, 0) is 32.8 Å². The van der Waals surface area contributed by atoms with Crippen LogP contribution in [0.4, 0.5) is 0 Å². The third-order valence-corrected chi connectivity index (χ3v) is 6.05. The molecule has 0 aliphatic heterocycles. The zero-order valence-electron chi connectivity index (χ0n) is 15.8. The Balaban J connectivity index is 3.52. The van der Waals surface area contributed by atoms with Crippen molar-refractivity contribution in [2.24, 2.45) is 0 Å². The van der Waals surface area contributed by atoms with Crippen LogP contribution in [-0.4, -0.2) is 43.8 Å². The van der Waals surface area contributed by atoms with Gasteiger partial charge in [-0.2, -0.15) is 0 Å². The van der Waals surface area contributed by atoms with E-state index in [0.29, 0.717) is 19.4 Å². The van der Waals surface area contributed by atoms with Gasteiger partial charge in [0.1, 0.15) is 0 Å². The minimum atomic E-state index is -2.85. The molecule has 6 heteroatoms. The zero-order valence-corrected chi connectivity index (χ0v) is 16.7. The van der Waals surface area contributed by atoms with E-state index in [0.717, 1.165) is 38.6 Å². The molecule has 0 atom stereocenters. The number of amides is 1. The maximum Gasteiger partial charge on any atom is 0.330 e. The van der Waals surface area contributed by atoms with Gasteiger partial charge < -0.3 is 13.9 Å². The molecule has 0 saturated carbocycles. The second-order valence-electron chi connectivity index (χ2n) is 5.96. The van der Waals surface area contributed by atoms with Gasteiger partial charge in [-0.25, -0.2) is 0 Å². The SMILES string of the molecule is C=CC(=O)N(C)CCCCCCCCCCP(=O)(OCC)OCC. The molecule has 0 radical (unpaired) electrons. The summed E-state index contributed by atoms with van der Waals surface area (Å²) in [5.74, 6) is -0.00797. The van der Waals surface area contributed by atoms with Gasteiger partial charge in [0.15, 0.2) is 0 Å². The second kappa shape index (κ2) is 14.7. The van der Waals surface area contributed by atoms with Gasteiger partial charge in [0.05, 0.1) is 19.4 Å². The van der Waals surface area contributed by atoms with Crippen LogP contribution in [0.2, 0.25) is 0 Å². The van der Waals surface area contributed by atoms with E-state index >= 15 is 0 Å². The van der Waals surface area contributed by atoms with Crippen molar-refractivity contribution >= 4 is 13.5 Å². The van der Waals surface area contributed by atoms with Crippen LogP contribution in [0.1, 0.15) is 65.2 Å². The van der Waals surface area contributed by atoms with Gasteiger partial charge in [-0.15, -0.1) is 0 Å². The molecule has 1 amide bonds. The van der Waals surface area contributed by atoms with Crippen LogP contribution >= 0.6 is 7.60 Å². The first-order chi connectivity index (χ1) is 11.5. The van der Waals surface area contributed by atoms with E-state index in [2.05, 4.69) is 6.58 Å². The van der Waals surface area contributed by atoms with E-state index in [4.69, 9.17) is 9.05 Å². The standard InChI is InChI=1S/C18H36NO4P/c1-5-18(20)19(4)16-14-12-10-8-9-11-13-15-17-24(21,22-6-2)23-7-3/h5H,1,6-17H2,2-4H3. The first kappa shape index (κ1) is 23.4. The normalized spacial score (nSPS) is 11.5. The molecule has 0 N–H and O–H groups in total. The highest BCUT2D eigenvalue weighted by Gasteiger charge is 2.22. The number of unbranched alkanes of at least 4 members (excludes halogenated alkanes) is 7. The van der Waals surface area contributed by atoms with Crippen molar-refractivity contribution in [3.63, 3.8) is 0 Å². The van der Waals surface area contributed by atoms with Gasteiger partial charge in [-0.3, -0.25) is 9.36 Å². The lowest BCUT2D eigenvalue weighted by atomic mass is 10.1. The fourth-order valence-electron chi connectivity index (χ4n) is 2.54. The molecule has 0 bridgehead atoms. The molecule has 142 valence electrons. The summed E-state index contributed by atoms with van der Waals surface area (Å²) in [4.78, 5) is 13.0. The first-order valence-corrected chi connectivity index (χ1v) is 11.0. The summed E-state index contributed by atoms with van der Waals surface area (Å²) >= 11 is 0. The third-order valence-electron chi connectivity index (χ3n) is 3.88. The fourth-order valence-corrected chi connectivity index (χ4v) is 4.27. The van der Waals surface area contributed by atoms with Crippen LogP contribution in [0.15, 0.2) is 12.7 Å². The predicted molar refractivity (Wildman–Crippen MR) is 100 cm³/mol. The number of carbonyl (C=O) groups excluding carboxylic acids is 1. The van der Waals surface area contributed by atoms with Gasteiger partial charge in [0.25, 0.3) is 0 Å². The van der Waals surface area contributed by atoms with Crippen molar-refractivity contribution < 1.29 is 18.4 Å². The Kier molecular flexibility index (Phi) is 14.3. The van der Waals surface area contributed by atoms with E-state index in [9.17, 15) is 9.36 Å². The summed E-state index contributed by atoms with van der Waals surface area (Å²) in [7, 11) is -1.04. The Morgan fingerprint density at radius 3 is 1.88 bits per heavy atom. The van der Waals surface area contributed by atoms with E-state index < -0.39 is 7.60 Å². The molecule has 0 fully saturated rings. The maximum atomic E-state index is 12.3. The molecule has 0 rings (SSSR count). The van der Waals surface area contributed by atoms with Crippen LogP contribution < -0.4 is 0 Å². The van der Waals surface area contributed by atoms with Gasteiger partial charge in [0.2, 0.25) is 5.91 Å². The summed E-state index contributed by atoms with van der Waals surface area (Å²) < 4.78 is 22.8. The van der Waals surface area contributed by atoms with Gasteiger partial charge in [0, 0.05) is 13.6 Å². The Morgan fingerprint density at radius 1 is 0.958 bits per heavy atom. The molecule has 0 aliphatic rings. The van der Waals surface area contributed by atoms with E-state index in [1.165, 1.54) is 25.3 Å². The molecule has 0 heterocycles. The number of likely N-dealkylation sites (N-methyl/N-ethyl adjacent to an activating group) is 1. The average molecular weight is 361 g/mol. The van der Waals surface area contributed by atoms with Crippen molar-refractivity contribution in [1.82, 2.24) is 4.90 Å². The summed E-state index contributed by atoms with van der Waals surface area (Å²) in [5.41, 5.74) is 0. The number of nitrogens with zero attached hydrogens (tertiary/aromatic N) is 1. The Labute approximate surface area is 148 Å². The van der Waals surface area contributed by atoms with Crippen LogP contribution in [0.25, 0.3) is 0 Å². The Hall–Kier alpha value is -0.640. The molecule has 5 nitrogen and oxygen atoms in total. The predicted octanol–water partition coefficient (Wildman–Crippen LogP) is 5.02. The summed E-state index contributed by atoms with van der Waals surface area (Å²) in [5, 5.41) is 0. The quantitative estimate of drug-likeness (QED) is 0.220. The van der Waals surface area contributed by atoms with Crippen molar-refractivity contribution in [3.8, 4) is 0 Å². The molecular weight excluding hydrogens is 325 g/mol. The van der Waals surface area contributed by atoms with Gasteiger partial charge in [-0.1, -0.05) is 45.1 Å². The van der Waals surface area contributed by atoms with Crippen molar-refractivity contribution in [2.75, 3.05) is 33.0 Å². The summed E-state index contributed by atoms with van der Waals surface area (Å²) in [6.07, 6.45) is 10.8. The molecular formula is C18H36NO4P. The van der Waals surface area contributed by atoms with Gasteiger partial charge >= 0.3 is 7.60 Å². The molecule has 0 spiro atoms. The van der Waals surface area contributed by atoms with E-state index in [-0.39, 0.29) is 5.91 Å². The maximum absolute atomic E-state index is 12.3. The minimum absolute atomic E-state index is 0.00797. The highest BCUT2D eigenvalue weighted by molar-refractivity contribution is 7.53. The molecule has 24 heavy (non-hydrogen) atoms. The largest absolute Gasteiger partial charge is 0.342 e. The lowest BCUT2D eigenvalue weighted by Crippen LogP contribution is -2.25. The van der Waals surface area contributed by atoms with E-state index in [1.54, 1.807) is 4.90 Å². The number of rotatable bonds is 16. The minimum Gasteiger partial charge on any atom is -0.342 e. The fraction of sp³-hybridized carbons (Fsp3) is 0.833. The third kappa shape index (κ3) is 11.8. The topological polar surface area (TPSA) is 55.8 Å². The van der Waals surface area contributed by atoms with Crippen LogP contribution in [0, 0.1) is 0 Å². The smallest absolute Gasteiger partial charge is 0.330 e. The van der Waals surface area contributed by atoms with Crippen LogP contribution in [0.3, 0.4) is 0 Å². The monoisotopic (exact) mass is 361 g/mol. The molecule has 0 aromatic carbocycles. The molecule has 0 aliphatic carbocycles. The van der Waals surface area contributed by atoms with Crippen LogP contribution in [-0.2, 0) is 18.4 Å². The van der Waals surface area contributed by atoms with E-state index in [1.807, 2.05) is 20.9 Å². The number of hydrogen-bond donors (Lipinski definition) is 0. The lowest BCUT2D eigenvalue weighted by molar-refractivity contribution is -0.124. The molecule has 0 aromatic rings. The number of hydrogen-bond acceptors (Lipinski definition) is 4. The molecule has 0 unspecified atom stereocenters. The summed E-state index contributed by atoms with van der Waals surface area (Å²) in [6, 6.07) is 0. The Bertz CT molecular complexity index is 377. The lowest BCUT2D eigenvalue weighted by Gasteiger charge is -2.16. The molecule has 0 saturated heterocycles. The highest BCUT2D eigenvalue weighted by Crippen LogP contribution is 2.48. The van der Waals surface area contributed by atoms with Crippen LogP contribution in [0.5, 0.6) is 0 Å². The molecule has 0 aromatic heterocycles.